The van der Waals surface area contributed by atoms with E-state index in [9.17, 15) is 0 Å². The van der Waals surface area contributed by atoms with Crippen LogP contribution in [0.4, 0.5) is 0 Å². The van der Waals surface area contributed by atoms with Gasteiger partial charge in [-0.2, -0.15) is 5.26 Å². The highest BCUT2D eigenvalue weighted by Gasteiger charge is 2.15. The standard InChI is InChI=1S/C15H16N2O/c16-10-12-4-5-15-13(9-12)6-7-17(15)11-14-3-1-2-8-18-14/h4-7,9,14H,1-3,8,11H2. The van der Waals surface area contributed by atoms with Gasteiger partial charge < -0.3 is 9.30 Å². The molecule has 1 unspecified atom stereocenters. The summed E-state index contributed by atoms with van der Waals surface area (Å²) in [7, 11) is 0. The number of nitrogens with zero attached hydrogens (tertiary/aromatic N) is 2. The molecule has 1 aliphatic rings. The number of hydrogen-bond donors (Lipinski definition) is 0. The Morgan fingerprint density at radius 3 is 3.06 bits per heavy atom. The number of fused-ring (bicyclic) bond motifs is 1. The molecule has 2 aromatic rings. The molecule has 92 valence electrons. The molecule has 3 rings (SSSR count). The van der Waals surface area contributed by atoms with Crippen LogP contribution in [-0.2, 0) is 11.3 Å². The van der Waals surface area contributed by atoms with Crippen LogP contribution >= 0.6 is 0 Å². The lowest BCUT2D eigenvalue weighted by atomic mass is 10.1. The Morgan fingerprint density at radius 2 is 2.28 bits per heavy atom. The molecule has 1 aliphatic heterocycles. The first-order valence-corrected chi connectivity index (χ1v) is 6.47. The molecule has 0 aliphatic carbocycles. The van der Waals surface area contributed by atoms with Crippen LogP contribution in [0.5, 0.6) is 0 Å². The Kier molecular flexibility index (Phi) is 3.04. The van der Waals surface area contributed by atoms with Gasteiger partial charge in [-0.3, -0.25) is 0 Å². The van der Waals surface area contributed by atoms with Crippen LogP contribution in [0.2, 0.25) is 0 Å². The van der Waals surface area contributed by atoms with Gasteiger partial charge in [0.1, 0.15) is 0 Å². The first kappa shape index (κ1) is 11.3. The first-order valence-electron chi connectivity index (χ1n) is 6.47. The molecule has 0 bridgehead atoms. The Hall–Kier alpha value is -1.79. The molecule has 3 heteroatoms. The second-order valence-corrected chi connectivity index (χ2v) is 4.84. The zero-order valence-corrected chi connectivity index (χ0v) is 10.3. The van der Waals surface area contributed by atoms with Gasteiger partial charge in [0.25, 0.3) is 0 Å². The molecular weight excluding hydrogens is 224 g/mol. The summed E-state index contributed by atoms with van der Waals surface area (Å²) in [6.45, 7) is 1.80. The molecule has 18 heavy (non-hydrogen) atoms. The van der Waals surface area contributed by atoms with Gasteiger partial charge >= 0.3 is 0 Å². The molecule has 0 N–H and O–H groups in total. The third kappa shape index (κ3) is 2.12. The van der Waals surface area contributed by atoms with E-state index in [0.717, 1.165) is 25.0 Å². The Labute approximate surface area is 107 Å². The zero-order chi connectivity index (χ0) is 12.4. The van der Waals surface area contributed by atoms with Crippen LogP contribution in [0.3, 0.4) is 0 Å². The number of aromatic nitrogens is 1. The van der Waals surface area contributed by atoms with Crippen molar-refractivity contribution in [3.05, 3.63) is 36.0 Å². The smallest absolute Gasteiger partial charge is 0.0991 e. The predicted molar refractivity (Wildman–Crippen MR) is 70.2 cm³/mol. The largest absolute Gasteiger partial charge is 0.376 e. The van der Waals surface area contributed by atoms with Crippen molar-refractivity contribution >= 4 is 10.9 Å². The SMILES string of the molecule is N#Cc1ccc2c(ccn2CC2CCCCO2)c1. The van der Waals surface area contributed by atoms with Gasteiger partial charge in [0.05, 0.1) is 17.7 Å². The summed E-state index contributed by atoms with van der Waals surface area (Å²) in [4.78, 5) is 0. The van der Waals surface area contributed by atoms with Crippen molar-refractivity contribution in [1.82, 2.24) is 4.57 Å². The molecule has 1 fully saturated rings. The number of rotatable bonds is 2. The average molecular weight is 240 g/mol. The third-order valence-electron chi connectivity index (χ3n) is 3.57. The van der Waals surface area contributed by atoms with Crippen molar-refractivity contribution in [1.29, 1.82) is 5.26 Å². The van der Waals surface area contributed by atoms with Gasteiger partial charge in [-0.05, 0) is 43.5 Å². The summed E-state index contributed by atoms with van der Waals surface area (Å²) in [6.07, 6.45) is 6.03. The highest BCUT2D eigenvalue weighted by molar-refractivity contribution is 5.81. The number of ether oxygens (including phenoxy) is 1. The lowest BCUT2D eigenvalue weighted by Crippen LogP contribution is -2.24. The van der Waals surface area contributed by atoms with Crippen molar-refractivity contribution in [2.24, 2.45) is 0 Å². The van der Waals surface area contributed by atoms with Crippen LogP contribution in [0.15, 0.2) is 30.5 Å². The molecule has 0 spiro atoms. The number of benzene rings is 1. The molecule has 1 aromatic carbocycles. The van der Waals surface area contributed by atoms with E-state index in [1.54, 1.807) is 0 Å². The fourth-order valence-electron chi connectivity index (χ4n) is 2.60. The Morgan fingerprint density at radius 1 is 1.33 bits per heavy atom. The predicted octanol–water partition coefficient (Wildman–Crippen LogP) is 3.08. The van der Waals surface area contributed by atoms with Crippen LogP contribution in [0, 0.1) is 11.3 Å². The molecule has 2 heterocycles. The van der Waals surface area contributed by atoms with E-state index in [-0.39, 0.29) is 0 Å². The summed E-state index contributed by atoms with van der Waals surface area (Å²) < 4.78 is 8.00. The highest BCUT2D eigenvalue weighted by atomic mass is 16.5. The highest BCUT2D eigenvalue weighted by Crippen LogP contribution is 2.20. The van der Waals surface area contributed by atoms with E-state index in [1.807, 2.05) is 18.2 Å². The lowest BCUT2D eigenvalue weighted by Gasteiger charge is -2.23. The van der Waals surface area contributed by atoms with Crippen molar-refractivity contribution < 1.29 is 4.74 Å². The molecule has 1 saturated heterocycles. The minimum Gasteiger partial charge on any atom is -0.376 e. The molecule has 1 atom stereocenters. The average Bonchev–Trinajstić information content (AvgIpc) is 2.82. The second-order valence-electron chi connectivity index (χ2n) is 4.84. The Bertz CT molecular complexity index is 588. The third-order valence-corrected chi connectivity index (χ3v) is 3.57. The van der Waals surface area contributed by atoms with E-state index in [1.165, 1.54) is 18.4 Å². The molecule has 1 aromatic heterocycles. The summed E-state index contributed by atoms with van der Waals surface area (Å²) >= 11 is 0. The summed E-state index contributed by atoms with van der Waals surface area (Å²) in [5.41, 5.74) is 1.90. The quantitative estimate of drug-likeness (QED) is 0.809. The zero-order valence-electron chi connectivity index (χ0n) is 10.3. The molecule has 3 nitrogen and oxygen atoms in total. The minimum absolute atomic E-state index is 0.338. The van der Waals surface area contributed by atoms with Gasteiger partial charge in [0, 0.05) is 30.3 Å². The van der Waals surface area contributed by atoms with Crippen molar-refractivity contribution in [2.45, 2.75) is 31.9 Å². The van der Waals surface area contributed by atoms with Crippen molar-refractivity contribution in [3.8, 4) is 6.07 Å². The summed E-state index contributed by atoms with van der Waals surface area (Å²) in [6, 6.07) is 10.1. The minimum atomic E-state index is 0.338. The summed E-state index contributed by atoms with van der Waals surface area (Å²) in [5, 5.41) is 10.0. The number of hydrogen-bond acceptors (Lipinski definition) is 2. The first-order chi connectivity index (χ1) is 8.86. The van der Waals surface area contributed by atoms with Gasteiger partial charge in [0.15, 0.2) is 0 Å². The summed E-state index contributed by atoms with van der Waals surface area (Å²) in [5.74, 6) is 0. The molecule has 0 amide bonds. The maximum absolute atomic E-state index is 8.89. The normalized spacial score (nSPS) is 19.8. The van der Waals surface area contributed by atoms with E-state index in [4.69, 9.17) is 10.00 Å². The van der Waals surface area contributed by atoms with Crippen LogP contribution < -0.4 is 0 Å². The van der Waals surface area contributed by atoms with E-state index >= 15 is 0 Å². The van der Waals surface area contributed by atoms with Gasteiger partial charge in [0.2, 0.25) is 0 Å². The van der Waals surface area contributed by atoms with Crippen molar-refractivity contribution in [3.63, 3.8) is 0 Å². The van der Waals surface area contributed by atoms with E-state index < -0.39 is 0 Å². The topological polar surface area (TPSA) is 38.0 Å². The number of nitriles is 1. The monoisotopic (exact) mass is 240 g/mol. The lowest BCUT2D eigenvalue weighted by molar-refractivity contribution is 0.00670. The van der Waals surface area contributed by atoms with E-state index in [0.29, 0.717) is 11.7 Å². The maximum atomic E-state index is 8.89. The second kappa shape index (κ2) is 4.83. The van der Waals surface area contributed by atoms with Crippen LogP contribution in [0.1, 0.15) is 24.8 Å². The van der Waals surface area contributed by atoms with Gasteiger partial charge in [-0.15, -0.1) is 0 Å². The van der Waals surface area contributed by atoms with E-state index in [2.05, 4.69) is 22.9 Å². The van der Waals surface area contributed by atoms with Gasteiger partial charge in [-0.1, -0.05) is 0 Å². The molecule has 0 saturated carbocycles. The maximum Gasteiger partial charge on any atom is 0.0991 e. The molecule has 0 radical (unpaired) electrons. The fraction of sp³-hybridized carbons (Fsp3) is 0.400. The van der Waals surface area contributed by atoms with Crippen LogP contribution in [-0.4, -0.2) is 17.3 Å². The fourth-order valence-corrected chi connectivity index (χ4v) is 2.60. The molecular formula is C15H16N2O. The van der Waals surface area contributed by atoms with Crippen molar-refractivity contribution in [2.75, 3.05) is 6.61 Å². The van der Waals surface area contributed by atoms with Crippen LogP contribution in [0.25, 0.3) is 10.9 Å². The van der Waals surface area contributed by atoms with Gasteiger partial charge in [-0.25, -0.2) is 0 Å². The Balaban J connectivity index is 1.86.